The van der Waals surface area contributed by atoms with E-state index in [1.54, 1.807) is 7.11 Å². The average Bonchev–Trinajstić information content (AvgIpc) is 2.96. The van der Waals surface area contributed by atoms with Crippen LogP contribution in [0.1, 0.15) is 24.0 Å². The molecule has 0 bridgehead atoms. The van der Waals surface area contributed by atoms with Gasteiger partial charge in [0.25, 0.3) is 0 Å². The Labute approximate surface area is 125 Å². The van der Waals surface area contributed by atoms with Crippen molar-refractivity contribution in [3.05, 3.63) is 29.3 Å². The summed E-state index contributed by atoms with van der Waals surface area (Å²) < 4.78 is 10.9. The van der Waals surface area contributed by atoms with E-state index in [1.807, 2.05) is 19.1 Å². The second-order valence-electron chi connectivity index (χ2n) is 5.42. The standard InChI is InChI=1S/C16H24N2O3/c1-11-3-5-14(20-2)12(9-11)7-8-18-16(19)15-6-4-13(10-17)21-15/h3,5,9,13,15H,4,6-8,10,17H2,1-2H3,(H,18,19)/t13-,15+/m1/s1. The molecule has 1 saturated heterocycles. The van der Waals surface area contributed by atoms with Gasteiger partial charge in [-0.3, -0.25) is 4.79 Å². The second-order valence-corrected chi connectivity index (χ2v) is 5.42. The number of ether oxygens (including phenoxy) is 2. The number of benzene rings is 1. The van der Waals surface area contributed by atoms with Crippen molar-refractivity contribution < 1.29 is 14.3 Å². The SMILES string of the molecule is COc1ccc(C)cc1CCNC(=O)[C@@H]1CC[C@H](CN)O1. The molecule has 0 radical (unpaired) electrons. The molecule has 1 amide bonds. The molecule has 1 aliphatic rings. The predicted molar refractivity (Wildman–Crippen MR) is 81.4 cm³/mol. The van der Waals surface area contributed by atoms with Crippen LogP contribution in [0.4, 0.5) is 0 Å². The third-order valence-electron chi connectivity index (χ3n) is 3.79. The Bertz CT molecular complexity index is 490. The van der Waals surface area contributed by atoms with Crippen molar-refractivity contribution in [3.63, 3.8) is 0 Å². The summed E-state index contributed by atoms with van der Waals surface area (Å²) in [6.07, 6.45) is 2.03. The first kappa shape index (κ1) is 15.8. The third-order valence-corrected chi connectivity index (χ3v) is 3.79. The van der Waals surface area contributed by atoms with Gasteiger partial charge >= 0.3 is 0 Å². The maximum atomic E-state index is 12.0. The highest BCUT2D eigenvalue weighted by molar-refractivity contribution is 5.81. The van der Waals surface area contributed by atoms with Crippen LogP contribution < -0.4 is 15.8 Å². The zero-order chi connectivity index (χ0) is 15.2. The summed E-state index contributed by atoms with van der Waals surface area (Å²) >= 11 is 0. The molecule has 0 spiro atoms. The molecule has 116 valence electrons. The van der Waals surface area contributed by atoms with Crippen LogP contribution in [0.2, 0.25) is 0 Å². The van der Waals surface area contributed by atoms with Crippen molar-refractivity contribution in [2.45, 2.75) is 38.4 Å². The molecular weight excluding hydrogens is 268 g/mol. The van der Waals surface area contributed by atoms with Crippen LogP contribution in [0, 0.1) is 6.92 Å². The van der Waals surface area contributed by atoms with Crippen molar-refractivity contribution >= 4 is 5.91 Å². The maximum absolute atomic E-state index is 12.0. The van der Waals surface area contributed by atoms with Crippen LogP contribution in [0.25, 0.3) is 0 Å². The quantitative estimate of drug-likeness (QED) is 0.825. The van der Waals surface area contributed by atoms with Crippen molar-refractivity contribution in [1.29, 1.82) is 0 Å². The molecule has 0 unspecified atom stereocenters. The number of amides is 1. The van der Waals surface area contributed by atoms with Gasteiger partial charge < -0.3 is 20.5 Å². The lowest BCUT2D eigenvalue weighted by molar-refractivity contribution is -0.131. The van der Waals surface area contributed by atoms with Gasteiger partial charge in [0.1, 0.15) is 11.9 Å². The minimum atomic E-state index is -0.349. The van der Waals surface area contributed by atoms with Gasteiger partial charge in [-0.2, -0.15) is 0 Å². The van der Waals surface area contributed by atoms with E-state index in [1.165, 1.54) is 5.56 Å². The molecule has 21 heavy (non-hydrogen) atoms. The highest BCUT2D eigenvalue weighted by Crippen LogP contribution is 2.20. The first-order valence-electron chi connectivity index (χ1n) is 7.40. The number of carbonyl (C=O) groups excluding carboxylic acids is 1. The number of methoxy groups -OCH3 is 1. The molecule has 1 aromatic carbocycles. The van der Waals surface area contributed by atoms with Crippen molar-refractivity contribution in [1.82, 2.24) is 5.32 Å². The average molecular weight is 292 g/mol. The zero-order valence-electron chi connectivity index (χ0n) is 12.7. The van der Waals surface area contributed by atoms with Gasteiger partial charge in [-0.05, 0) is 37.8 Å². The zero-order valence-corrected chi connectivity index (χ0v) is 12.7. The summed E-state index contributed by atoms with van der Waals surface area (Å²) in [7, 11) is 1.66. The first-order valence-corrected chi connectivity index (χ1v) is 7.40. The van der Waals surface area contributed by atoms with Crippen molar-refractivity contribution in [2.75, 3.05) is 20.2 Å². The Morgan fingerprint density at radius 2 is 2.29 bits per heavy atom. The molecule has 3 N–H and O–H groups in total. The van der Waals surface area contributed by atoms with Crippen LogP contribution in [0.15, 0.2) is 18.2 Å². The summed E-state index contributed by atoms with van der Waals surface area (Å²) in [5.74, 6) is 0.813. The van der Waals surface area contributed by atoms with E-state index in [2.05, 4.69) is 11.4 Å². The lowest BCUT2D eigenvalue weighted by atomic mass is 10.1. The Hall–Kier alpha value is -1.59. The van der Waals surface area contributed by atoms with Gasteiger partial charge in [0, 0.05) is 13.1 Å². The molecule has 0 saturated carbocycles. The van der Waals surface area contributed by atoms with Crippen molar-refractivity contribution in [2.24, 2.45) is 5.73 Å². The number of hydrogen-bond acceptors (Lipinski definition) is 4. The van der Waals surface area contributed by atoms with Crippen LogP contribution in [0.5, 0.6) is 5.75 Å². The lowest BCUT2D eigenvalue weighted by Gasteiger charge is -2.14. The smallest absolute Gasteiger partial charge is 0.249 e. The largest absolute Gasteiger partial charge is 0.496 e. The maximum Gasteiger partial charge on any atom is 0.249 e. The Kier molecular flexibility index (Phi) is 5.59. The minimum Gasteiger partial charge on any atom is -0.496 e. The van der Waals surface area contributed by atoms with Crippen LogP contribution in [-0.4, -0.2) is 38.3 Å². The molecule has 1 heterocycles. The third kappa shape index (κ3) is 4.19. The normalized spacial score (nSPS) is 21.3. The topological polar surface area (TPSA) is 73.6 Å². The fourth-order valence-electron chi connectivity index (χ4n) is 2.61. The molecule has 1 aromatic rings. The van der Waals surface area contributed by atoms with E-state index in [4.69, 9.17) is 15.2 Å². The predicted octanol–water partition coefficient (Wildman–Crippen LogP) is 1.17. The minimum absolute atomic E-state index is 0.0256. The molecule has 5 heteroatoms. The van der Waals surface area contributed by atoms with E-state index >= 15 is 0 Å². The van der Waals surface area contributed by atoms with Gasteiger partial charge in [-0.15, -0.1) is 0 Å². The van der Waals surface area contributed by atoms with Crippen molar-refractivity contribution in [3.8, 4) is 5.75 Å². The van der Waals surface area contributed by atoms with Gasteiger partial charge in [0.15, 0.2) is 0 Å². The number of nitrogens with two attached hydrogens (primary N) is 1. The fourth-order valence-corrected chi connectivity index (χ4v) is 2.61. The summed E-state index contributed by atoms with van der Waals surface area (Å²) in [4.78, 5) is 12.0. The number of aryl methyl sites for hydroxylation is 1. The Balaban J connectivity index is 1.82. The summed E-state index contributed by atoms with van der Waals surface area (Å²) in [5.41, 5.74) is 7.83. The molecule has 1 aliphatic heterocycles. The van der Waals surface area contributed by atoms with E-state index < -0.39 is 0 Å². The number of rotatable bonds is 6. The van der Waals surface area contributed by atoms with Gasteiger partial charge in [0.2, 0.25) is 5.91 Å². The monoisotopic (exact) mass is 292 g/mol. The van der Waals surface area contributed by atoms with E-state index in [0.717, 1.165) is 30.6 Å². The highest BCUT2D eigenvalue weighted by atomic mass is 16.5. The molecule has 5 nitrogen and oxygen atoms in total. The molecule has 0 aromatic heterocycles. The number of hydrogen-bond donors (Lipinski definition) is 2. The number of nitrogens with one attached hydrogen (secondary N) is 1. The fraction of sp³-hybridized carbons (Fsp3) is 0.562. The van der Waals surface area contributed by atoms with Crippen LogP contribution >= 0.6 is 0 Å². The van der Waals surface area contributed by atoms with E-state index in [0.29, 0.717) is 13.1 Å². The van der Waals surface area contributed by atoms with Gasteiger partial charge in [0.05, 0.1) is 13.2 Å². The number of carbonyl (C=O) groups is 1. The molecule has 2 rings (SSSR count). The van der Waals surface area contributed by atoms with Gasteiger partial charge in [-0.1, -0.05) is 17.7 Å². The molecular formula is C16H24N2O3. The Morgan fingerprint density at radius 1 is 1.48 bits per heavy atom. The highest BCUT2D eigenvalue weighted by Gasteiger charge is 2.29. The summed E-state index contributed by atoms with van der Waals surface area (Å²) in [6, 6.07) is 6.06. The molecule has 1 fully saturated rings. The first-order chi connectivity index (χ1) is 10.1. The molecule has 0 aliphatic carbocycles. The summed E-state index contributed by atoms with van der Waals surface area (Å²) in [5, 5.41) is 2.93. The van der Waals surface area contributed by atoms with Crippen LogP contribution in [0.3, 0.4) is 0 Å². The molecule has 2 atom stereocenters. The summed E-state index contributed by atoms with van der Waals surface area (Å²) in [6.45, 7) is 3.09. The van der Waals surface area contributed by atoms with E-state index in [-0.39, 0.29) is 18.1 Å². The lowest BCUT2D eigenvalue weighted by Crippen LogP contribution is -2.36. The van der Waals surface area contributed by atoms with E-state index in [9.17, 15) is 4.79 Å². The van der Waals surface area contributed by atoms with Gasteiger partial charge in [-0.25, -0.2) is 0 Å². The second kappa shape index (κ2) is 7.43. The Morgan fingerprint density at radius 3 is 2.95 bits per heavy atom. The van der Waals surface area contributed by atoms with Crippen LogP contribution in [-0.2, 0) is 16.0 Å².